The smallest absolute Gasteiger partial charge is 0.254 e. The molecule has 2 saturated heterocycles. The molecular formula is C20H26FN4O3S+. The van der Waals surface area contributed by atoms with E-state index in [1.54, 1.807) is 12.1 Å². The Morgan fingerprint density at radius 2 is 1.59 bits per heavy atom. The van der Waals surface area contributed by atoms with E-state index in [4.69, 9.17) is 0 Å². The van der Waals surface area contributed by atoms with E-state index in [1.807, 2.05) is 0 Å². The summed E-state index contributed by atoms with van der Waals surface area (Å²) >= 11 is 0. The van der Waals surface area contributed by atoms with Gasteiger partial charge in [0.05, 0.1) is 31.1 Å². The lowest BCUT2D eigenvalue weighted by atomic mass is 10.2. The van der Waals surface area contributed by atoms with Crippen molar-refractivity contribution in [3.63, 3.8) is 0 Å². The van der Waals surface area contributed by atoms with Crippen LogP contribution in [0.1, 0.15) is 12.8 Å². The molecule has 0 unspecified atom stereocenters. The maximum atomic E-state index is 13.1. The molecule has 1 aromatic carbocycles. The van der Waals surface area contributed by atoms with Gasteiger partial charge in [0.2, 0.25) is 10.0 Å². The van der Waals surface area contributed by atoms with Crippen LogP contribution in [0.3, 0.4) is 0 Å². The SMILES string of the molecule is O=c1ccc(S(=O)(=O)N2CCCC2)cn1C[NH+]1CCN(c2ccc(F)cc2)CC1. The summed E-state index contributed by atoms with van der Waals surface area (Å²) in [5.41, 5.74) is 0.792. The third kappa shape index (κ3) is 4.36. The van der Waals surface area contributed by atoms with Gasteiger partial charge >= 0.3 is 0 Å². The third-order valence-corrected chi connectivity index (χ3v) is 7.60. The number of quaternary nitrogens is 1. The molecule has 0 spiro atoms. The predicted octanol–water partition coefficient (Wildman–Crippen LogP) is 0.135. The van der Waals surface area contributed by atoms with Crippen LogP contribution >= 0.6 is 0 Å². The van der Waals surface area contributed by atoms with Crippen LogP contribution in [-0.4, -0.2) is 56.6 Å². The maximum Gasteiger partial charge on any atom is 0.254 e. The van der Waals surface area contributed by atoms with Gasteiger partial charge in [0, 0.05) is 31.0 Å². The first-order valence-electron chi connectivity index (χ1n) is 9.98. The summed E-state index contributed by atoms with van der Waals surface area (Å²) in [6.45, 7) is 4.72. The Labute approximate surface area is 170 Å². The van der Waals surface area contributed by atoms with Gasteiger partial charge in [0.1, 0.15) is 5.82 Å². The summed E-state index contributed by atoms with van der Waals surface area (Å²) < 4.78 is 41.7. The topological polar surface area (TPSA) is 67.1 Å². The van der Waals surface area contributed by atoms with E-state index in [-0.39, 0.29) is 16.3 Å². The predicted molar refractivity (Wildman–Crippen MR) is 108 cm³/mol. The first-order chi connectivity index (χ1) is 13.9. The van der Waals surface area contributed by atoms with Gasteiger partial charge < -0.3 is 9.80 Å². The van der Waals surface area contributed by atoms with Crippen molar-refractivity contribution >= 4 is 15.7 Å². The number of hydrogen-bond acceptors (Lipinski definition) is 4. The van der Waals surface area contributed by atoms with Crippen LogP contribution in [-0.2, 0) is 16.7 Å². The van der Waals surface area contributed by atoms with Crippen molar-refractivity contribution in [2.24, 2.45) is 0 Å². The fourth-order valence-corrected chi connectivity index (χ4v) is 5.53. The Bertz CT molecular complexity index is 1010. The molecule has 29 heavy (non-hydrogen) atoms. The standard InChI is InChI=1S/C20H25FN4O3S/c21-17-3-5-18(6-4-17)23-13-11-22(12-14-23)16-24-15-19(7-8-20(24)26)29(27,28)25-9-1-2-10-25/h3-8,15H,1-2,9-14,16H2/p+1. The van der Waals surface area contributed by atoms with Crippen LogP contribution < -0.4 is 15.4 Å². The van der Waals surface area contributed by atoms with E-state index in [2.05, 4.69) is 4.90 Å². The molecule has 1 aromatic heterocycles. The summed E-state index contributed by atoms with van der Waals surface area (Å²) in [6, 6.07) is 9.22. The van der Waals surface area contributed by atoms with E-state index in [1.165, 1.54) is 44.2 Å². The molecule has 0 saturated carbocycles. The van der Waals surface area contributed by atoms with E-state index in [0.717, 1.165) is 44.7 Å². The van der Waals surface area contributed by atoms with E-state index in [0.29, 0.717) is 19.8 Å². The number of rotatable bonds is 5. The van der Waals surface area contributed by atoms with E-state index in [9.17, 15) is 17.6 Å². The van der Waals surface area contributed by atoms with Crippen molar-refractivity contribution in [1.82, 2.24) is 8.87 Å². The highest BCUT2D eigenvalue weighted by Crippen LogP contribution is 2.19. The number of anilines is 1. The average Bonchev–Trinajstić information content (AvgIpc) is 3.27. The number of pyridine rings is 1. The summed E-state index contributed by atoms with van der Waals surface area (Å²) in [5, 5.41) is 0. The van der Waals surface area contributed by atoms with Crippen LogP contribution in [0.5, 0.6) is 0 Å². The monoisotopic (exact) mass is 421 g/mol. The van der Waals surface area contributed by atoms with Gasteiger partial charge in [-0.15, -0.1) is 0 Å². The lowest BCUT2D eigenvalue weighted by Crippen LogP contribution is -3.14. The minimum absolute atomic E-state index is 0.184. The molecule has 9 heteroatoms. The fraction of sp³-hybridized carbons (Fsp3) is 0.450. The number of halogens is 1. The van der Waals surface area contributed by atoms with Gasteiger partial charge in [0.25, 0.3) is 5.56 Å². The molecule has 156 valence electrons. The van der Waals surface area contributed by atoms with Gasteiger partial charge in [-0.2, -0.15) is 4.31 Å². The Balaban J connectivity index is 1.43. The molecule has 0 aliphatic carbocycles. The number of aromatic nitrogens is 1. The zero-order chi connectivity index (χ0) is 20.4. The Morgan fingerprint density at radius 1 is 0.931 bits per heavy atom. The second kappa shape index (κ2) is 8.25. The third-order valence-electron chi connectivity index (χ3n) is 5.72. The highest BCUT2D eigenvalue weighted by Gasteiger charge is 2.28. The molecule has 0 bridgehead atoms. The molecule has 0 atom stereocenters. The fourth-order valence-electron chi connectivity index (χ4n) is 4.00. The minimum atomic E-state index is -3.54. The average molecular weight is 422 g/mol. The lowest BCUT2D eigenvalue weighted by molar-refractivity contribution is -0.923. The van der Waals surface area contributed by atoms with Gasteiger partial charge in [-0.25, -0.2) is 12.8 Å². The summed E-state index contributed by atoms with van der Waals surface area (Å²) in [4.78, 5) is 15.9. The highest BCUT2D eigenvalue weighted by atomic mass is 32.2. The second-order valence-electron chi connectivity index (χ2n) is 7.66. The molecule has 3 heterocycles. The maximum absolute atomic E-state index is 13.1. The van der Waals surface area contributed by atoms with E-state index < -0.39 is 10.0 Å². The number of benzene rings is 1. The van der Waals surface area contributed by atoms with Gasteiger partial charge in [0.15, 0.2) is 6.67 Å². The summed E-state index contributed by atoms with van der Waals surface area (Å²) in [6.07, 6.45) is 3.23. The van der Waals surface area contributed by atoms with Gasteiger partial charge in [-0.3, -0.25) is 9.36 Å². The molecule has 7 nitrogen and oxygen atoms in total. The van der Waals surface area contributed by atoms with Crippen molar-refractivity contribution in [3.05, 3.63) is 58.8 Å². The van der Waals surface area contributed by atoms with Crippen molar-refractivity contribution in [2.75, 3.05) is 44.2 Å². The number of nitrogens with one attached hydrogen (secondary N) is 1. The zero-order valence-electron chi connectivity index (χ0n) is 16.3. The van der Waals surface area contributed by atoms with Crippen LogP contribution in [0.15, 0.2) is 52.3 Å². The van der Waals surface area contributed by atoms with Gasteiger partial charge in [-0.05, 0) is 43.2 Å². The molecule has 1 N–H and O–H groups in total. The van der Waals surface area contributed by atoms with E-state index >= 15 is 0 Å². The quantitative estimate of drug-likeness (QED) is 0.746. The van der Waals surface area contributed by atoms with Crippen LogP contribution in [0.25, 0.3) is 0 Å². The molecule has 2 aliphatic heterocycles. The number of hydrogen-bond donors (Lipinski definition) is 1. The summed E-state index contributed by atoms with van der Waals surface area (Å²) in [7, 11) is -3.54. The second-order valence-corrected chi connectivity index (χ2v) is 9.59. The van der Waals surface area contributed by atoms with Crippen molar-refractivity contribution in [2.45, 2.75) is 24.4 Å². The largest absolute Gasteiger partial charge is 0.360 e. The zero-order valence-corrected chi connectivity index (χ0v) is 17.1. The minimum Gasteiger partial charge on any atom is -0.360 e. The number of piperazine rings is 1. The highest BCUT2D eigenvalue weighted by molar-refractivity contribution is 7.89. The Morgan fingerprint density at radius 3 is 2.24 bits per heavy atom. The molecule has 0 radical (unpaired) electrons. The lowest BCUT2D eigenvalue weighted by Gasteiger charge is -2.33. The normalized spacial score (nSPS) is 19.0. The first-order valence-corrected chi connectivity index (χ1v) is 11.4. The first kappa shape index (κ1) is 20.1. The number of sulfonamides is 1. The molecular weight excluding hydrogens is 395 g/mol. The van der Waals surface area contributed by atoms with Crippen LogP contribution in [0.2, 0.25) is 0 Å². The van der Waals surface area contributed by atoms with Gasteiger partial charge in [-0.1, -0.05) is 0 Å². The van der Waals surface area contributed by atoms with Crippen molar-refractivity contribution in [3.8, 4) is 0 Å². The Kier molecular flexibility index (Phi) is 5.71. The summed E-state index contributed by atoms with van der Waals surface area (Å²) in [5.74, 6) is -0.249. The van der Waals surface area contributed by atoms with Crippen LogP contribution in [0, 0.1) is 5.82 Å². The van der Waals surface area contributed by atoms with Crippen molar-refractivity contribution < 1.29 is 17.7 Å². The van der Waals surface area contributed by atoms with Crippen molar-refractivity contribution in [1.29, 1.82) is 0 Å². The Hall–Kier alpha value is -2.23. The molecule has 2 fully saturated rings. The van der Waals surface area contributed by atoms with Crippen LogP contribution in [0.4, 0.5) is 10.1 Å². The molecule has 4 rings (SSSR count). The molecule has 0 amide bonds. The molecule has 2 aliphatic rings. The molecule has 2 aromatic rings. The number of nitrogens with zero attached hydrogens (tertiary/aromatic N) is 3.